The van der Waals surface area contributed by atoms with Gasteiger partial charge in [-0.15, -0.1) is 0 Å². The Labute approximate surface area is 107 Å². The van der Waals surface area contributed by atoms with Crippen molar-refractivity contribution in [2.24, 2.45) is 5.92 Å². The third-order valence-corrected chi connectivity index (χ3v) is 4.53. The zero-order valence-electron chi connectivity index (χ0n) is 11.6. The van der Waals surface area contributed by atoms with E-state index < -0.39 is 0 Å². The molecule has 2 aliphatic rings. The minimum Gasteiger partial charge on any atom is -0.314 e. The Balaban J connectivity index is 1.62. The Morgan fingerprint density at radius 3 is 2.76 bits per heavy atom. The highest BCUT2D eigenvalue weighted by molar-refractivity contribution is 4.78. The summed E-state index contributed by atoms with van der Waals surface area (Å²) in [7, 11) is 4.57. The topological polar surface area (TPSA) is 18.5 Å². The zero-order chi connectivity index (χ0) is 12.1. The molecule has 3 heteroatoms. The second-order valence-corrected chi connectivity index (χ2v) is 6.04. The first kappa shape index (κ1) is 13.3. The first-order valence-electron chi connectivity index (χ1n) is 7.35. The predicted octanol–water partition coefficient (Wildman–Crippen LogP) is 1.40. The van der Waals surface area contributed by atoms with Crippen molar-refractivity contribution < 1.29 is 0 Å². The summed E-state index contributed by atoms with van der Waals surface area (Å²) in [4.78, 5) is 5.07. The van der Waals surface area contributed by atoms with Crippen molar-refractivity contribution in [3.8, 4) is 0 Å². The molecule has 0 radical (unpaired) electrons. The largest absolute Gasteiger partial charge is 0.314 e. The number of likely N-dealkylation sites (N-methyl/N-ethyl adjacent to an activating group) is 1. The number of nitrogens with one attached hydrogen (secondary N) is 1. The minimum atomic E-state index is 0.745. The molecule has 0 aromatic carbocycles. The van der Waals surface area contributed by atoms with Gasteiger partial charge in [-0.2, -0.15) is 0 Å². The van der Waals surface area contributed by atoms with Crippen molar-refractivity contribution >= 4 is 0 Å². The average molecular weight is 239 g/mol. The second kappa shape index (κ2) is 6.72. The van der Waals surface area contributed by atoms with Crippen LogP contribution >= 0.6 is 0 Å². The van der Waals surface area contributed by atoms with Gasteiger partial charge in [0.1, 0.15) is 0 Å². The molecule has 1 heterocycles. The molecule has 17 heavy (non-hydrogen) atoms. The molecule has 1 aliphatic carbocycles. The van der Waals surface area contributed by atoms with Crippen LogP contribution in [0.15, 0.2) is 0 Å². The van der Waals surface area contributed by atoms with E-state index in [0.29, 0.717) is 0 Å². The summed E-state index contributed by atoms with van der Waals surface area (Å²) in [6.45, 7) is 6.12. The highest BCUT2D eigenvalue weighted by Gasteiger charge is 2.20. The lowest BCUT2D eigenvalue weighted by atomic mass is 10.1. The van der Waals surface area contributed by atoms with Crippen molar-refractivity contribution in [1.82, 2.24) is 15.1 Å². The van der Waals surface area contributed by atoms with Gasteiger partial charge in [-0.25, -0.2) is 0 Å². The van der Waals surface area contributed by atoms with Gasteiger partial charge in [0.15, 0.2) is 0 Å². The molecular weight excluding hydrogens is 210 g/mol. The van der Waals surface area contributed by atoms with E-state index in [4.69, 9.17) is 0 Å². The normalized spacial score (nSPS) is 28.1. The molecule has 2 fully saturated rings. The predicted molar refractivity (Wildman–Crippen MR) is 73.4 cm³/mol. The van der Waals surface area contributed by atoms with Gasteiger partial charge in [0, 0.05) is 32.2 Å². The lowest BCUT2D eigenvalue weighted by Gasteiger charge is -2.34. The molecule has 0 aromatic rings. The monoisotopic (exact) mass is 239 g/mol. The maximum Gasteiger partial charge on any atom is 0.0230 e. The summed E-state index contributed by atoms with van der Waals surface area (Å²) in [6, 6.07) is 0.745. The van der Waals surface area contributed by atoms with Crippen molar-refractivity contribution in [1.29, 1.82) is 0 Å². The highest BCUT2D eigenvalue weighted by atomic mass is 15.2. The van der Waals surface area contributed by atoms with Crippen LogP contribution in [0.2, 0.25) is 0 Å². The van der Waals surface area contributed by atoms with E-state index in [2.05, 4.69) is 29.2 Å². The van der Waals surface area contributed by atoms with E-state index in [1.54, 1.807) is 0 Å². The fraction of sp³-hybridized carbons (Fsp3) is 1.00. The number of hydrogen-bond acceptors (Lipinski definition) is 3. The molecule has 0 amide bonds. The molecular formula is C14H29N3. The molecule has 1 atom stereocenters. The van der Waals surface area contributed by atoms with Crippen LogP contribution in [0.25, 0.3) is 0 Å². The van der Waals surface area contributed by atoms with Crippen molar-refractivity contribution in [3.05, 3.63) is 0 Å². The van der Waals surface area contributed by atoms with Gasteiger partial charge < -0.3 is 15.1 Å². The van der Waals surface area contributed by atoms with Crippen LogP contribution in [0.5, 0.6) is 0 Å². The van der Waals surface area contributed by atoms with Crippen molar-refractivity contribution in [3.63, 3.8) is 0 Å². The van der Waals surface area contributed by atoms with E-state index in [1.165, 1.54) is 58.3 Å². The first-order valence-corrected chi connectivity index (χ1v) is 7.35. The van der Waals surface area contributed by atoms with E-state index in [0.717, 1.165) is 18.5 Å². The summed E-state index contributed by atoms with van der Waals surface area (Å²) in [5.41, 5.74) is 0. The molecule has 2 rings (SSSR count). The Morgan fingerprint density at radius 2 is 2.06 bits per heavy atom. The third kappa shape index (κ3) is 4.23. The summed E-state index contributed by atoms with van der Waals surface area (Å²) >= 11 is 0. The van der Waals surface area contributed by atoms with Crippen LogP contribution in [0.3, 0.4) is 0 Å². The van der Waals surface area contributed by atoms with E-state index in [9.17, 15) is 0 Å². The molecule has 100 valence electrons. The van der Waals surface area contributed by atoms with Gasteiger partial charge in [-0.05, 0) is 45.8 Å². The molecule has 0 aromatic heterocycles. The average Bonchev–Trinajstić information content (AvgIpc) is 2.81. The van der Waals surface area contributed by atoms with Gasteiger partial charge in [0.25, 0.3) is 0 Å². The molecule has 1 unspecified atom stereocenters. The van der Waals surface area contributed by atoms with Crippen LogP contribution in [0, 0.1) is 5.92 Å². The lowest BCUT2D eigenvalue weighted by Crippen LogP contribution is -2.50. The summed E-state index contributed by atoms with van der Waals surface area (Å²) in [5.74, 6) is 0.988. The Morgan fingerprint density at radius 1 is 1.29 bits per heavy atom. The fourth-order valence-electron chi connectivity index (χ4n) is 3.28. The van der Waals surface area contributed by atoms with E-state index in [1.807, 2.05) is 0 Å². The fourth-order valence-corrected chi connectivity index (χ4v) is 3.28. The summed E-state index contributed by atoms with van der Waals surface area (Å²) in [6.07, 6.45) is 7.18. The van der Waals surface area contributed by atoms with Crippen molar-refractivity contribution in [2.45, 2.75) is 38.1 Å². The number of nitrogens with zero attached hydrogens (tertiary/aromatic N) is 2. The molecule has 1 saturated carbocycles. The lowest BCUT2D eigenvalue weighted by molar-refractivity contribution is 0.168. The van der Waals surface area contributed by atoms with Gasteiger partial charge in [0.2, 0.25) is 0 Å². The van der Waals surface area contributed by atoms with Gasteiger partial charge in [-0.3, -0.25) is 0 Å². The third-order valence-electron chi connectivity index (χ3n) is 4.53. The molecule has 0 bridgehead atoms. The SMILES string of the molecule is CN(CCC1CNCCN1C)CC1CCCC1. The molecule has 0 spiro atoms. The minimum absolute atomic E-state index is 0.745. The maximum absolute atomic E-state index is 3.50. The van der Waals surface area contributed by atoms with Crippen LogP contribution in [0.4, 0.5) is 0 Å². The van der Waals surface area contributed by atoms with E-state index in [-0.39, 0.29) is 0 Å². The Bertz CT molecular complexity index is 214. The van der Waals surface area contributed by atoms with Crippen LogP contribution in [-0.2, 0) is 0 Å². The van der Waals surface area contributed by atoms with Gasteiger partial charge in [-0.1, -0.05) is 12.8 Å². The summed E-state index contributed by atoms with van der Waals surface area (Å²) < 4.78 is 0. The Hall–Kier alpha value is -0.120. The molecule has 1 aliphatic heterocycles. The summed E-state index contributed by atoms with van der Waals surface area (Å²) in [5, 5.41) is 3.50. The number of piperazine rings is 1. The Kier molecular flexibility index (Phi) is 5.26. The first-order chi connectivity index (χ1) is 8.25. The highest BCUT2D eigenvalue weighted by Crippen LogP contribution is 2.25. The van der Waals surface area contributed by atoms with E-state index >= 15 is 0 Å². The van der Waals surface area contributed by atoms with Gasteiger partial charge >= 0.3 is 0 Å². The second-order valence-electron chi connectivity index (χ2n) is 6.04. The molecule has 1 N–H and O–H groups in total. The standard InChI is InChI=1S/C14H29N3/c1-16(12-13-5-3-4-6-13)9-7-14-11-15-8-10-17(14)2/h13-15H,3-12H2,1-2H3. The number of rotatable bonds is 5. The zero-order valence-corrected chi connectivity index (χ0v) is 11.6. The van der Waals surface area contributed by atoms with Crippen molar-refractivity contribution in [2.75, 3.05) is 46.8 Å². The smallest absolute Gasteiger partial charge is 0.0230 e. The number of hydrogen-bond donors (Lipinski definition) is 1. The van der Waals surface area contributed by atoms with Crippen LogP contribution < -0.4 is 5.32 Å². The molecule has 3 nitrogen and oxygen atoms in total. The van der Waals surface area contributed by atoms with Crippen LogP contribution in [0.1, 0.15) is 32.1 Å². The maximum atomic E-state index is 3.50. The molecule has 1 saturated heterocycles. The van der Waals surface area contributed by atoms with Gasteiger partial charge in [0.05, 0.1) is 0 Å². The van der Waals surface area contributed by atoms with Crippen LogP contribution in [-0.4, -0.2) is 62.7 Å². The quantitative estimate of drug-likeness (QED) is 0.782.